The second kappa shape index (κ2) is 2.69. The van der Waals surface area contributed by atoms with E-state index in [1.54, 1.807) is 0 Å². The third-order valence-electron chi connectivity index (χ3n) is 1.60. The lowest BCUT2D eigenvalue weighted by atomic mass is 10.2. The Hall–Kier alpha value is -1.65. The van der Waals surface area contributed by atoms with Crippen molar-refractivity contribution in [1.82, 2.24) is 9.97 Å². The molecule has 66 valence electrons. The summed E-state index contributed by atoms with van der Waals surface area (Å²) in [7, 11) is 0. The Morgan fingerprint density at radius 1 is 1.00 bits per heavy atom. The largest absolute Gasteiger partial charge is 0.311 e. The first kappa shape index (κ1) is 7.97. The predicted molar refractivity (Wildman–Crippen MR) is 39.4 cm³/mol. The minimum Gasteiger partial charge on any atom is -0.206 e. The lowest BCUT2D eigenvalue weighted by molar-refractivity contribution is 0.490. The summed E-state index contributed by atoms with van der Waals surface area (Å²) in [6.07, 6.45) is -1.20. The molecule has 0 fully saturated rings. The summed E-state index contributed by atoms with van der Waals surface area (Å²) in [5, 5.41) is -0.385. The maximum Gasteiger partial charge on any atom is 0.311 e. The number of rotatable bonds is 0. The molecule has 2 rings (SSSR count). The van der Waals surface area contributed by atoms with E-state index in [1.165, 1.54) is 12.1 Å². The first-order valence-corrected chi connectivity index (χ1v) is 3.46. The number of benzene rings is 1. The fourth-order valence-corrected chi connectivity index (χ4v) is 1.07. The van der Waals surface area contributed by atoms with E-state index in [9.17, 15) is 13.2 Å². The molecule has 1 aromatic carbocycles. The van der Waals surface area contributed by atoms with Crippen molar-refractivity contribution in [3.8, 4) is 0 Å². The molecule has 13 heavy (non-hydrogen) atoms. The van der Waals surface area contributed by atoms with Gasteiger partial charge in [-0.25, -0.2) is 9.37 Å². The van der Waals surface area contributed by atoms with Gasteiger partial charge in [0.15, 0.2) is 0 Å². The van der Waals surface area contributed by atoms with Gasteiger partial charge >= 0.3 is 6.08 Å². The second-order valence-electron chi connectivity index (χ2n) is 2.42. The van der Waals surface area contributed by atoms with Crippen molar-refractivity contribution in [1.29, 1.82) is 0 Å². The van der Waals surface area contributed by atoms with Gasteiger partial charge < -0.3 is 0 Å². The van der Waals surface area contributed by atoms with Crippen molar-refractivity contribution < 1.29 is 13.2 Å². The molecule has 0 atom stereocenters. The zero-order valence-electron chi connectivity index (χ0n) is 6.26. The number of nitrogens with zero attached hydrogens (tertiary/aromatic N) is 2. The lowest BCUT2D eigenvalue weighted by Gasteiger charge is -1.98. The molecule has 0 bridgehead atoms. The van der Waals surface area contributed by atoms with Crippen molar-refractivity contribution >= 4 is 10.9 Å². The second-order valence-corrected chi connectivity index (χ2v) is 2.42. The molecule has 2 aromatic rings. The molecule has 0 spiro atoms. The average Bonchev–Trinajstić information content (AvgIpc) is 2.02. The summed E-state index contributed by atoms with van der Waals surface area (Å²) >= 11 is 0. The van der Waals surface area contributed by atoms with Crippen molar-refractivity contribution in [3.05, 3.63) is 36.0 Å². The molecule has 1 heterocycles. The molecule has 0 aliphatic heterocycles. The summed E-state index contributed by atoms with van der Waals surface area (Å²) in [4.78, 5) is 6.02. The van der Waals surface area contributed by atoms with Crippen molar-refractivity contribution in [2.75, 3.05) is 0 Å². The van der Waals surface area contributed by atoms with Crippen molar-refractivity contribution in [2.24, 2.45) is 0 Å². The average molecular weight is 184 g/mol. The molecule has 0 aliphatic rings. The Balaban J connectivity index is 2.94. The molecular formula is C8H3F3N2. The standard InChI is InChI=1S/C8H3F3N2/c9-4-2-1-3-5-6(4)7(10)13-8(11)12-5/h1-3H. The van der Waals surface area contributed by atoms with E-state index in [1.807, 2.05) is 0 Å². The smallest absolute Gasteiger partial charge is 0.206 e. The highest BCUT2D eigenvalue weighted by molar-refractivity contribution is 5.78. The lowest BCUT2D eigenvalue weighted by Crippen LogP contribution is -1.96. The number of halogens is 3. The van der Waals surface area contributed by atoms with Crippen LogP contribution in [0, 0.1) is 17.8 Å². The first-order chi connectivity index (χ1) is 6.18. The van der Waals surface area contributed by atoms with Crippen LogP contribution in [0.25, 0.3) is 10.9 Å². The quantitative estimate of drug-likeness (QED) is 0.462. The van der Waals surface area contributed by atoms with Crippen LogP contribution in [0.4, 0.5) is 13.2 Å². The van der Waals surface area contributed by atoms with Crippen LogP contribution < -0.4 is 0 Å². The highest BCUT2D eigenvalue weighted by Crippen LogP contribution is 2.17. The summed E-state index contributed by atoms with van der Waals surface area (Å²) in [5.41, 5.74) is -0.0787. The van der Waals surface area contributed by atoms with E-state index >= 15 is 0 Å². The molecule has 0 N–H and O–H groups in total. The van der Waals surface area contributed by atoms with Gasteiger partial charge in [0.05, 0.1) is 10.9 Å². The van der Waals surface area contributed by atoms with Crippen molar-refractivity contribution in [2.45, 2.75) is 0 Å². The van der Waals surface area contributed by atoms with E-state index in [0.717, 1.165) is 6.07 Å². The van der Waals surface area contributed by atoms with Crippen LogP contribution in [0.3, 0.4) is 0 Å². The van der Waals surface area contributed by atoms with E-state index in [-0.39, 0.29) is 10.9 Å². The van der Waals surface area contributed by atoms with Gasteiger partial charge in [0.1, 0.15) is 5.82 Å². The molecule has 1 aromatic heterocycles. The summed E-state index contributed by atoms with van der Waals surface area (Å²) in [6.45, 7) is 0. The Labute approximate surface area is 71.0 Å². The number of fused-ring (bicyclic) bond motifs is 1. The summed E-state index contributed by atoms with van der Waals surface area (Å²) in [6, 6.07) is 3.70. The predicted octanol–water partition coefficient (Wildman–Crippen LogP) is 2.05. The normalized spacial score (nSPS) is 10.7. The highest BCUT2D eigenvalue weighted by Gasteiger charge is 2.10. The van der Waals surface area contributed by atoms with Gasteiger partial charge in [-0.3, -0.25) is 0 Å². The Kier molecular flexibility index (Phi) is 1.65. The monoisotopic (exact) mass is 184 g/mol. The van der Waals surface area contributed by atoms with E-state index < -0.39 is 17.8 Å². The van der Waals surface area contributed by atoms with Gasteiger partial charge in [-0.1, -0.05) is 6.07 Å². The fraction of sp³-hybridized carbons (Fsp3) is 0. The van der Waals surface area contributed by atoms with Gasteiger partial charge in [0.25, 0.3) is 0 Å². The van der Waals surface area contributed by atoms with Crippen LogP contribution in [0.5, 0.6) is 0 Å². The Morgan fingerprint density at radius 3 is 2.54 bits per heavy atom. The van der Waals surface area contributed by atoms with E-state index in [4.69, 9.17) is 0 Å². The number of hydrogen-bond acceptors (Lipinski definition) is 2. The highest BCUT2D eigenvalue weighted by atomic mass is 19.1. The van der Waals surface area contributed by atoms with Crippen LogP contribution >= 0.6 is 0 Å². The topological polar surface area (TPSA) is 25.8 Å². The minimum absolute atomic E-state index is 0.0787. The Bertz CT molecular complexity index is 470. The zero-order valence-corrected chi connectivity index (χ0v) is 6.26. The molecule has 0 amide bonds. The van der Waals surface area contributed by atoms with Gasteiger partial charge in [0, 0.05) is 0 Å². The molecular weight excluding hydrogens is 181 g/mol. The van der Waals surface area contributed by atoms with Crippen LogP contribution in [0.15, 0.2) is 18.2 Å². The fourth-order valence-electron chi connectivity index (χ4n) is 1.07. The molecule has 0 radical (unpaired) electrons. The van der Waals surface area contributed by atoms with Crippen LogP contribution in [0.1, 0.15) is 0 Å². The van der Waals surface area contributed by atoms with Gasteiger partial charge in [-0.15, -0.1) is 0 Å². The summed E-state index contributed by atoms with van der Waals surface area (Å²) < 4.78 is 38.3. The Morgan fingerprint density at radius 2 is 1.77 bits per heavy atom. The molecule has 2 nitrogen and oxygen atoms in total. The first-order valence-electron chi connectivity index (χ1n) is 3.46. The van der Waals surface area contributed by atoms with Crippen LogP contribution in [-0.2, 0) is 0 Å². The molecule has 0 unspecified atom stereocenters. The van der Waals surface area contributed by atoms with Crippen molar-refractivity contribution in [3.63, 3.8) is 0 Å². The summed E-state index contributed by atoms with van der Waals surface area (Å²) in [5.74, 6) is -1.98. The van der Waals surface area contributed by atoms with Gasteiger partial charge in [-0.05, 0) is 12.1 Å². The molecule has 0 saturated heterocycles. The molecule has 0 saturated carbocycles. The third-order valence-corrected chi connectivity index (χ3v) is 1.60. The van der Waals surface area contributed by atoms with Crippen LogP contribution in [0.2, 0.25) is 0 Å². The third kappa shape index (κ3) is 1.22. The number of hydrogen-bond donors (Lipinski definition) is 0. The number of aromatic nitrogens is 2. The maximum absolute atomic E-state index is 12.9. The van der Waals surface area contributed by atoms with Crippen LogP contribution in [-0.4, -0.2) is 9.97 Å². The zero-order chi connectivity index (χ0) is 9.42. The maximum atomic E-state index is 12.9. The SMILES string of the molecule is Fc1nc(F)c2c(F)cccc2n1. The minimum atomic E-state index is -1.20. The van der Waals surface area contributed by atoms with Gasteiger partial charge in [-0.2, -0.15) is 13.8 Å². The van der Waals surface area contributed by atoms with Gasteiger partial charge in [0.2, 0.25) is 5.95 Å². The van der Waals surface area contributed by atoms with E-state index in [2.05, 4.69) is 9.97 Å². The molecule has 0 aliphatic carbocycles. The van der Waals surface area contributed by atoms with E-state index in [0.29, 0.717) is 0 Å². The molecule has 5 heteroatoms.